The standard InChI is InChI=1S/C22H30N2O3S/c1-16(2)14-19(24-28(25,26)21-12-6-17(3)7-13-21)15-22(23-4)18-8-10-20(27-5)11-9-18/h6-13,16,19,22,24H,4,14-15H2,1-3,5H3/t19-,22+/m0/s1. The van der Waals surface area contributed by atoms with E-state index >= 15 is 0 Å². The van der Waals surface area contributed by atoms with Gasteiger partial charge in [0, 0.05) is 6.04 Å². The lowest BCUT2D eigenvalue weighted by molar-refractivity contribution is 0.411. The maximum Gasteiger partial charge on any atom is 0.240 e. The van der Waals surface area contributed by atoms with Crippen LogP contribution in [0, 0.1) is 12.8 Å². The third kappa shape index (κ3) is 6.17. The average molecular weight is 403 g/mol. The van der Waals surface area contributed by atoms with E-state index in [0.29, 0.717) is 18.8 Å². The lowest BCUT2D eigenvalue weighted by Crippen LogP contribution is -2.36. The van der Waals surface area contributed by atoms with Gasteiger partial charge >= 0.3 is 0 Å². The van der Waals surface area contributed by atoms with E-state index in [1.165, 1.54) is 0 Å². The molecule has 0 fully saturated rings. The summed E-state index contributed by atoms with van der Waals surface area (Å²) < 4.78 is 33.8. The monoisotopic (exact) mass is 402 g/mol. The minimum Gasteiger partial charge on any atom is -0.497 e. The van der Waals surface area contributed by atoms with Crippen LogP contribution in [0.2, 0.25) is 0 Å². The second kappa shape index (κ2) is 9.85. The first kappa shape index (κ1) is 22.1. The van der Waals surface area contributed by atoms with Crippen LogP contribution in [-0.4, -0.2) is 28.3 Å². The molecular formula is C22H30N2O3S. The maximum atomic E-state index is 12.9. The van der Waals surface area contributed by atoms with Gasteiger partial charge in [0.2, 0.25) is 10.0 Å². The lowest BCUT2D eigenvalue weighted by atomic mass is 9.95. The summed E-state index contributed by atoms with van der Waals surface area (Å²) in [6, 6.07) is 14.1. The predicted octanol–water partition coefficient (Wildman–Crippen LogP) is 4.53. The first-order valence-electron chi connectivity index (χ1n) is 9.44. The predicted molar refractivity (Wildman–Crippen MR) is 115 cm³/mol. The molecule has 0 bridgehead atoms. The van der Waals surface area contributed by atoms with E-state index in [1.54, 1.807) is 31.4 Å². The molecule has 0 saturated carbocycles. The number of rotatable bonds is 10. The summed E-state index contributed by atoms with van der Waals surface area (Å²) >= 11 is 0. The number of nitrogens with one attached hydrogen (secondary N) is 1. The van der Waals surface area contributed by atoms with E-state index in [4.69, 9.17) is 4.74 Å². The molecule has 0 spiro atoms. The molecule has 0 radical (unpaired) electrons. The largest absolute Gasteiger partial charge is 0.497 e. The molecule has 2 aromatic rings. The normalized spacial score (nSPS) is 13.9. The van der Waals surface area contributed by atoms with Crippen LogP contribution in [0.1, 0.15) is 43.9 Å². The fourth-order valence-electron chi connectivity index (χ4n) is 3.18. The Labute approximate surface area is 168 Å². The SMILES string of the molecule is C=N[C@H](C[C@H](CC(C)C)NS(=O)(=O)c1ccc(C)cc1)c1ccc(OC)cc1. The van der Waals surface area contributed by atoms with Crippen LogP contribution < -0.4 is 9.46 Å². The minimum atomic E-state index is -3.60. The van der Waals surface area contributed by atoms with Gasteiger partial charge < -0.3 is 4.74 Å². The van der Waals surface area contributed by atoms with Crippen molar-refractivity contribution in [3.8, 4) is 5.75 Å². The van der Waals surface area contributed by atoms with Crippen molar-refractivity contribution in [2.75, 3.05) is 7.11 Å². The molecule has 152 valence electrons. The van der Waals surface area contributed by atoms with Crippen LogP contribution in [-0.2, 0) is 10.0 Å². The van der Waals surface area contributed by atoms with Crippen molar-refractivity contribution in [1.82, 2.24) is 4.72 Å². The van der Waals surface area contributed by atoms with Crippen molar-refractivity contribution in [1.29, 1.82) is 0 Å². The van der Waals surface area contributed by atoms with Crippen LogP contribution >= 0.6 is 0 Å². The van der Waals surface area contributed by atoms with Gasteiger partial charge in [0.25, 0.3) is 0 Å². The highest BCUT2D eigenvalue weighted by Gasteiger charge is 2.24. The summed E-state index contributed by atoms with van der Waals surface area (Å²) in [5, 5.41) is 0. The van der Waals surface area contributed by atoms with Gasteiger partial charge in [-0.15, -0.1) is 0 Å². The van der Waals surface area contributed by atoms with Crippen LogP contribution in [0.4, 0.5) is 0 Å². The topological polar surface area (TPSA) is 67.8 Å². The number of nitrogens with zero attached hydrogens (tertiary/aromatic N) is 1. The number of aliphatic imine (C=N–C) groups is 1. The molecule has 5 nitrogen and oxygen atoms in total. The van der Waals surface area contributed by atoms with Crippen molar-refractivity contribution in [2.24, 2.45) is 10.9 Å². The molecule has 0 unspecified atom stereocenters. The van der Waals surface area contributed by atoms with Gasteiger partial charge in [-0.1, -0.05) is 43.7 Å². The Bertz CT molecular complexity index is 860. The van der Waals surface area contributed by atoms with Gasteiger partial charge in [-0.2, -0.15) is 0 Å². The molecule has 0 aromatic heterocycles. The molecule has 0 aliphatic carbocycles. The highest BCUT2D eigenvalue weighted by atomic mass is 32.2. The number of hydrogen-bond donors (Lipinski definition) is 1. The summed E-state index contributed by atoms with van der Waals surface area (Å²) in [5.74, 6) is 1.11. The van der Waals surface area contributed by atoms with Gasteiger partial charge in [-0.3, -0.25) is 4.99 Å². The van der Waals surface area contributed by atoms with Crippen LogP contribution in [0.15, 0.2) is 58.4 Å². The molecule has 0 aliphatic heterocycles. The van der Waals surface area contributed by atoms with Gasteiger partial charge in [0.1, 0.15) is 5.75 Å². The highest BCUT2D eigenvalue weighted by molar-refractivity contribution is 7.89. The third-order valence-corrected chi connectivity index (χ3v) is 6.17. The minimum absolute atomic E-state index is 0.199. The van der Waals surface area contributed by atoms with E-state index in [-0.39, 0.29) is 17.0 Å². The smallest absolute Gasteiger partial charge is 0.240 e. The van der Waals surface area contributed by atoms with E-state index in [2.05, 4.69) is 30.3 Å². The second-order valence-electron chi connectivity index (χ2n) is 7.47. The molecule has 1 N–H and O–H groups in total. The Morgan fingerprint density at radius 2 is 1.64 bits per heavy atom. The molecule has 0 heterocycles. The second-order valence-corrected chi connectivity index (χ2v) is 9.18. The number of ether oxygens (including phenoxy) is 1. The lowest BCUT2D eigenvalue weighted by Gasteiger charge is -2.24. The first-order valence-corrected chi connectivity index (χ1v) is 10.9. The number of sulfonamides is 1. The third-order valence-electron chi connectivity index (χ3n) is 4.64. The number of benzene rings is 2. The average Bonchev–Trinajstić information content (AvgIpc) is 2.65. The molecule has 2 rings (SSSR count). The molecule has 0 amide bonds. The fraction of sp³-hybridized carbons (Fsp3) is 0.409. The molecule has 6 heteroatoms. The molecule has 0 aliphatic rings. The summed E-state index contributed by atoms with van der Waals surface area (Å²) in [4.78, 5) is 4.53. The Hall–Kier alpha value is -2.18. The van der Waals surface area contributed by atoms with Crippen molar-refractivity contribution in [2.45, 2.75) is 50.6 Å². The van der Waals surface area contributed by atoms with Gasteiger partial charge in [-0.25, -0.2) is 13.1 Å². The Morgan fingerprint density at radius 1 is 1.04 bits per heavy atom. The molecule has 2 aromatic carbocycles. The fourth-order valence-corrected chi connectivity index (χ4v) is 4.44. The van der Waals surface area contributed by atoms with Crippen LogP contribution in [0.3, 0.4) is 0 Å². The molecule has 28 heavy (non-hydrogen) atoms. The molecule has 2 atom stereocenters. The Kier molecular flexibility index (Phi) is 7.78. The van der Waals surface area contributed by atoms with Gasteiger partial charge in [-0.05, 0) is 62.2 Å². The first-order chi connectivity index (χ1) is 13.2. The van der Waals surface area contributed by atoms with Crippen LogP contribution in [0.5, 0.6) is 5.75 Å². The summed E-state index contributed by atoms with van der Waals surface area (Å²) in [6.07, 6.45) is 1.26. The molecule has 0 saturated heterocycles. The quantitative estimate of drug-likeness (QED) is 0.594. The van der Waals surface area contributed by atoms with Crippen molar-refractivity contribution < 1.29 is 13.2 Å². The van der Waals surface area contributed by atoms with Gasteiger partial charge in [0.15, 0.2) is 0 Å². The summed E-state index contributed by atoms with van der Waals surface area (Å²) in [7, 11) is -1.98. The van der Waals surface area contributed by atoms with E-state index in [9.17, 15) is 8.42 Å². The summed E-state index contributed by atoms with van der Waals surface area (Å²) in [6.45, 7) is 9.81. The zero-order chi connectivity index (χ0) is 20.7. The van der Waals surface area contributed by atoms with Crippen molar-refractivity contribution in [3.63, 3.8) is 0 Å². The zero-order valence-corrected chi connectivity index (χ0v) is 17.9. The zero-order valence-electron chi connectivity index (χ0n) is 17.1. The van der Waals surface area contributed by atoms with Gasteiger partial charge in [0.05, 0.1) is 18.0 Å². The maximum absolute atomic E-state index is 12.9. The van der Waals surface area contributed by atoms with Crippen molar-refractivity contribution >= 4 is 16.7 Å². The Balaban J connectivity index is 2.21. The number of methoxy groups -OCH3 is 1. The highest BCUT2D eigenvalue weighted by Crippen LogP contribution is 2.27. The van der Waals surface area contributed by atoms with E-state index in [0.717, 1.165) is 16.9 Å². The van der Waals surface area contributed by atoms with Crippen molar-refractivity contribution in [3.05, 3.63) is 59.7 Å². The van der Waals surface area contributed by atoms with E-state index in [1.807, 2.05) is 31.2 Å². The molecular weight excluding hydrogens is 372 g/mol. The van der Waals surface area contributed by atoms with Crippen LogP contribution in [0.25, 0.3) is 0 Å². The number of aryl methyl sites for hydroxylation is 1. The number of hydrogen-bond acceptors (Lipinski definition) is 4. The Morgan fingerprint density at radius 3 is 2.14 bits per heavy atom. The summed E-state index contributed by atoms with van der Waals surface area (Å²) in [5.41, 5.74) is 2.01. The van der Waals surface area contributed by atoms with E-state index < -0.39 is 10.0 Å².